The number of carbonyl (C=O) groups is 1. The lowest BCUT2D eigenvalue weighted by Crippen LogP contribution is -1.97. The molecule has 23 heavy (non-hydrogen) atoms. The summed E-state index contributed by atoms with van der Waals surface area (Å²) in [6, 6.07) is 10.4. The molecule has 0 amide bonds. The van der Waals surface area contributed by atoms with E-state index in [2.05, 4.69) is 0 Å². The van der Waals surface area contributed by atoms with E-state index in [-0.39, 0.29) is 5.78 Å². The van der Waals surface area contributed by atoms with E-state index in [1.807, 2.05) is 6.07 Å². The molecule has 5 heteroatoms. The molecule has 0 aliphatic rings. The summed E-state index contributed by atoms with van der Waals surface area (Å²) in [7, 11) is 4.61. The third-order valence-corrected chi connectivity index (χ3v) is 3.58. The highest BCUT2D eigenvalue weighted by Crippen LogP contribution is 2.30. The molecule has 2 rings (SSSR count). The van der Waals surface area contributed by atoms with Gasteiger partial charge < -0.3 is 14.2 Å². The van der Waals surface area contributed by atoms with Crippen molar-refractivity contribution in [1.82, 2.24) is 0 Å². The number of rotatable bonds is 6. The van der Waals surface area contributed by atoms with Gasteiger partial charge in [-0.1, -0.05) is 23.7 Å². The fourth-order valence-electron chi connectivity index (χ4n) is 2.12. The second-order valence-corrected chi connectivity index (χ2v) is 5.04. The minimum absolute atomic E-state index is 0.159. The molecule has 0 radical (unpaired) electrons. The minimum atomic E-state index is -0.159. The number of halogens is 1. The van der Waals surface area contributed by atoms with Gasteiger partial charge in [0.15, 0.2) is 17.3 Å². The topological polar surface area (TPSA) is 44.8 Å². The van der Waals surface area contributed by atoms with Gasteiger partial charge >= 0.3 is 0 Å². The summed E-state index contributed by atoms with van der Waals surface area (Å²) >= 11 is 6.06. The SMILES string of the molecule is COc1ccc(C(=O)/C=C/c2cccc(Cl)c2OC)cc1OC. The largest absolute Gasteiger partial charge is 0.495 e. The maximum Gasteiger partial charge on any atom is 0.185 e. The van der Waals surface area contributed by atoms with Crippen molar-refractivity contribution in [3.05, 3.63) is 58.6 Å². The predicted octanol–water partition coefficient (Wildman–Crippen LogP) is 4.26. The van der Waals surface area contributed by atoms with E-state index < -0.39 is 0 Å². The Morgan fingerprint density at radius 1 is 1.00 bits per heavy atom. The number of ketones is 1. The normalized spacial score (nSPS) is 10.6. The van der Waals surface area contributed by atoms with Crippen LogP contribution in [0, 0.1) is 0 Å². The number of hydrogen-bond acceptors (Lipinski definition) is 4. The van der Waals surface area contributed by atoms with Crippen molar-refractivity contribution in [2.24, 2.45) is 0 Å². The monoisotopic (exact) mass is 332 g/mol. The quantitative estimate of drug-likeness (QED) is 0.585. The van der Waals surface area contributed by atoms with Crippen LogP contribution in [0.15, 0.2) is 42.5 Å². The van der Waals surface area contributed by atoms with Gasteiger partial charge in [0.25, 0.3) is 0 Å². The lowest BCUT2D eigenvalue weighted by atomic mass is 10.1. The first-order chi connectivity index (χ1) is 11.1. The molecule has 0 atom stereocenters. The van der Waals surface area contributed by atoms with Crippen LogP contribution < -0.4 is 14.2 Å². The molecule has 0 saturated carbocycles. The highest BCUT2D eigenvalue weighted by atomic mass is 35.5. The summed E-state index contributed by atoms with van der Waals surface area (Å²) in [6.45, 7) is 0. The Morgan fingerprint density at radius 3 is 2.39 bits per heavy atom. The fraction of sp³-hybridized carbons (Fsp3) is 0.167. The van der Waals surface area contributed by atoms with Crippen molar-refractivity contribution in [3.8, 4) is 17.2 Å². The smallest absolute Gasteiger partial charge is 0.185 e. The summed E-state index contributed by atoms with van der Waals surface area (Å²) in [5.41, 5.74) is 1.23. The predicted molar refractivity (Wildman–Crippen MR) is 90.9 cm³/mol. The molecule has 0 saturated heterocycles. The molecule has 120 valence electrons. The lowest BCUT2D eigenvalue weighted by molar-refractivity contribution is 0.104. The van der Waals surface area contributed by atoms with Crippen LogP contribution in [-0.2, 0) is 0 Å². The molecular formula is C18H17ClO4. The van der Waals surface area contributed by atoms with Gasteiger partial charge in [-0.25, -0.2) is 0 Å². The summed E-state index contributed by atoms with van der Waals surface area (Å²) in [5, 5.41) is 0.494. The van der Waals surface area contributed by atoms with E-state index in [4.69, 9.17) is 25.8 Å². The molecule has 0 aliphatic carbocycles. The molecule has 0 fully saturated rings. The van der Waals surface area contributed by atoms with Crippen LogP contribution in [0.4, 0.5) is 0 Å². The third kappa shape index (κ3) is 3.85. The highest BCUT2D eigenvalue weighted by molar-refractivity contribution is 6.32. The van der Waals surface area contributed by atoms with Gasteiger partial charge in [-0.3, -0.25) is 4.79 Å². The zero-order valence-corrected chi connectivity index (χ0v) is 13.9. The molecule has 0 aliphatic heterocycles. The van der Waals surface area contributed by atoms with Gasteiger partial charge in [0.2, 0.25) is 0 Å². The van der Waals surface area contributed by atoms with Crippen LogP contribution in [0.3, 0.4) is 0 Å². The van der Waals surface area contributed by atoms with Crippen molar-refractivity contribution in [2.45, 2.75) is 0 Å². The first-order valence-corrected chi connectivity index (χ1v) is 7.25. The zero-order valence-electron chi connectivity index (χ0n) is 13.1. The Balaban J connectivity index is 2.27. The maximum atomic E-state index is 12.3. The molecule has 0 spiro atoms. The summed E-state index contributed by atoms with van der Waals surface area (Å²) < 4.78 is 15.6. The van der Waals surface area contributed by atoms with Gasteiger partial charge in [-0.15, -0.1) is 0 Å². The van der Waals surface area contributed by atoms with Gasteiger partial charge in [0.1, 0.15) is 5.75 Å². The van der Waals surface area contributed by atoms with Crippen LogP contribution in [0.25, 0.3) is 6.08 Å². The standard InChI is InChI=1S/C18H17ClO4/c1-21-16-10-8-13(11-17(16)22-2)15(20)9-7-12-5-4-6-14(19)18(12)23-3/h4-11H,1-3H3/b9-7+. The minimum Gasteiger partial charge on any atom is -0.495 e. The van der Waals surface area contributed by atoms with Gasteiger partial charge in [0, 0.05) is 11.1 Å². The summed E-state index contributed by atoms with van der Waals surface area (Å²) in [6.07, 6.45) is 3.14. The van der Waals surface area contributed by atoms with E-state index in [1.165, 1.54) is 20.3 Å². The van der Waals surface area contributed by atoms with Crippen molar-refractivity contribution in [3.63, 3.8) is 0 Å². The first kappa shape index (κ1) is 16.9. The highest BCUT2D eigenvalue weighted by Gasteiger charge is 2.09. The summed E-state index contributed by atoms with van der Waals surface area (Å²) in [4.78, 5) is 12.3. The summed E-state index contributed by atoms with van der Waals surface area (Å²) in [5.74, 6) is 1.45. The third-order valence-electron chi connectivity index (χ3n) is 3.28. The van der Waals surface area contributed by atoms with Crippen molar-refractivity contribution in [1.29, 1.82) is 0 Å². The lowest BCUT2D eigenvalue weighted by Gasteiger charge is -2.08. The molecule has 0 N–H and O–H groups in total. The maximum absolute atomic E-state index is 12.3. The van der Waals surface area contributed by atoms with E-state index in [9.17, 15) is 4.79 Å². The molecule has 0 bridgehead atoms. The van der Waals surface area contributed by atoms with E-state index >= 15 is 0 Å². The Hall–Kier alpha value is -2.46. The number of carbonyl (C=O) groups excluding carboxylic acids is 1. The van der Waals surface area contributed by atoms with Crippen molar-refractivity contribution >= 4 is 23.5 Å². The Morgan fingerprint density at radius 2 is 1.74 bits per heavy atom. The zero-order chi connectivity index (χ0) is 16.8. The average Bonchev–Trinajstić information content (AvgIpc) is 2.58. The molecule has 4 nitrogen and oxygen atoms in total. The Labute approximate surface area is 140 Å². The molecular weight excluding hydrogens is 316 g/mol. The van der Waals surface area contributed by atoms with Crippen LogP contribution in [0.1, 0.15) is 15.9 Å². The number of para-hydroxylation sites is 1. The number of ether oxygens (including phenoxy) is 3. The first-order valence-electron chi connectivity index (χ1n) is 6.87. The number of methoxy groups -OCH3 is 3. The van der Waals surface area contributed by atoms with E-state index in [0.29, 0.717) is 27.8 Å². The van der Waals surface area contributed by atoms with Crippen LogP contribution >= 0.6 is 11.6 Å². The number of allylic oxidation sites excluding steroid dienone is 1. The van der Waals surface area contributed by atoms with Crippen LogP contribution in [0.2, 0.25) is 5.02 Å². The van der Waals surface area contributed by atoms with E-state index in [0.717, 1.165) is 5.56 Å². The fourth-order valence-corrected chi connectivity index (χ4v) is 2.38. The van der Waals surface area contributed by atoms with Gasteiger partial charge in [0.05, 0.1) is 26.4 Å². The molecule has 0 unspecified atom stereocenters. The average molecular weight is 333 g/mol. The van der Waals surface area contributed by atoms with Crippen molar-refractivity contribution < 1.29 is 19.0 Å². The van der Waals surface area contributed by atoms with E-state index in [1.54, 1.807) is 43.5 Å². The number of benzene rings is 2. The van der Waals surface area contributed by atoms with Gasteiger partial charge in [-0.05, 0) is 36.4 Å². The molecule has 2 aromatic carbocycles. The van der Waals surface area contributed by atoms with Crippen molar-refractivity contribution in [2.75, 3.05) is 21.3 Å². The number of hydrogen-bond donors (Lipinski definition) is 0. The molecule has 0 aromatic heterocycles. The second-order valence-electron chi connectivity index (χ2n) is 4.63. The van der Waals surface area contributed by atoms with Crippen LogP contribution in [-0.4, -0.2) is 27.1 Å². The van der Waals surface area contributed by atoms with Gasteiger partial charge in [-0.2, -0.15) is 0 Å². The Bertz CT molecular complexity index is 738. The Kier molecular flexibility index (Phi) is 5.66. The van der Waals surface area contributed by atoms with Crippen LogP contribution in [0.5, 0.6) is 17.2 Å². The molecule has 2 aromatic rings. The molecule has 0 heterocycles. The second kappa shape index (κ2) is 7.70.